The maximum atomic E-state index is 11.3. The highest BCUT2D eigenvalue weighted by atomic mass is 16.6. The number of aromatic carboxylic acids is 1. The van der Waals surface area contributed by atoms with Crippen molar-refractivity contribution in [2.75, 3.05) is 0 Å². The van der Waals surface area contributed by atoms with Gasteiger partial charge >= 0.3 is 5.97 Å². The van der Waals surface area contributed by atoms with Crippen LogP contribution in [-0.4, -0.2) is 26.0 Å². The number of carboxylic acid groups (broad SMARTS) is 1. The van der Waals surface area contributed by atoms with Gasteiger partial charge in [-0.15, -0.1) is 0 Å². The second-order valence-corrected chi connectivity index (χ2v) is 4.28. The first kappa shape index (κ1) is 11.5. The molecule has 0 aliphatic rings. The Morgan fingerprint density at radius 2 is 2.16 bits per heavy atom. The third-order valence-corrected chi connectivity index (χ3v) is 3.08. The third kappa shape index (κ3) is 1.87. The van der Waals surface area contributed by atoms with E-state index in [4.69, 9.17) is 0 Å². The lowest BCUT2D eigenvalue weighted by Gasteiger charge is -2.05. The van der Waals surface area contributed by atoms with Gasteiger partial charge in [-0.1, -0.05) is 28.5 Å². The molecule has 6 heteroatoms. The maximum Gasteiger partial charge on any atom is 0.352 e. The Kier molecular flexibility index (Phi) is 2.56. The van der Waals surface area contributed by atoms with Gasteiger partial charge in [0.15, 0.2) is 0 Å². The summed E-state index contributed by atoms with van der Waals surface area (Å²) in [5.74, 6) is -0.967. The molecule has 1 aromatic carbocycles. The number of para-hydroxylation sites is 1. The van der Waals surface area contributed by atoms with Crippen LogP contribution in [0.25, 0.3) is 10.9 Å². The van der Waals surface area contributed by atoms with Crippen LogP contribution in [0.5, 0.6) is 0 Å². The molecule has 0 atom stereocenters. The van der Waals surface area contributed by atoms with Crippen LogP contribution in [0.15, 0.2) is 35.0 Å². The van der Waals surface area contributed by atoms with Gasteiger partial charge in [0.25, 0.3) is 0 Å². The average Bonchev–Trinajstić information content (AvgIpc) is 2.95. The van der Waals surface area contributed by atoms with Crippen LogP contribution < -0.4 is 0 Å². The Bertz CT molecular complexity index is 757. The van der Waals surface area contributed by atoms with E-state index in [0.717, 1.165) is 10.9 Å². The quantitative estimate of drug-likeness (QED) is 0.776. The minimum absolute atomic E-state index is 0.226. The van der Waals surface area contributed by atoms with Gasteiger partial charge in [0.1, 0.15) is 17.1 Å². The number of aromatic nitrogens is 3. The molecule has 0 spiro atoms. The van der Waals surface area contributed by atoms with Crippen LogP contribution in [0.4, 0.5) is 0 Å². The summed E-state index contributed by atoms with van der Waals surface area (Å²) in [5, 5.41) is 17.7. The lowest BCUT2D eigenvalue weighted by Crippen LogP contribution is -2.10. The van der Waals surface area contributed by atoms with Crippen molar-refractivity contribution in [2.24, 2.45) is 0 Å². The molecule has 0 saturated carbocycles. The number of aryl methyl sites for hydroxylation is 1. The molecular formula is C13H11N3O3. The van der Waals surface area contributed by atoms with Crippen LogP contribution in [0.1, 0.15) is 21.9 Å². The first-order valence-electron chi connectivity index (χ1n) is 5.76. The minimum atomic E-state index is -0.967. The first-order valence-corrected chi connectivity index (χ1v) is 5.76. The molecule has 0 amide bonds. The van der Waals surface area contributed by atoms with Crippen molar-refractivity contribution in [3.05, 3.63) is 47.4 Å². The van der Waals surface area contributed by atoms with Crippen LogP contribution in [0, 0.1) is 6.92 Å². The van der Waals surface area contributed by atoms with Crippen molar-refractivity contribution in [1.82, 2.24) is 14.9 Å². The smallest absolute Gasteiger partial charge is 0.352 e. The van der Waals surface area contributed by atoms with Gasteiger partial charge in [0.05, 0.1) is 6.54 Å². The molecule has 0 saturated heterocycles. The van der Waals surface area contributed by atoms with Crippen LogP contribution in [0.2, 0.25) is 0 Å². The van der Waals surface area contributed by atoms with E-state index in [-0.39, 0.29) is 5.69 Å². The Balaban J connectivity index is 2.18. The van der Waals surface area contributed by atoms with Gasteiger partial charge in [-0.05, 0) is 19.1 Å². The zero-order valence-corrected chi connectivity index (χ0v) is 10.2. The summed E-state index contributed by atoms with van der Waals surface area (Å²) in [7, 11) is 0. The molecule has 0 fully saturated rings. The zero-order valence-electron chi connectivity index (χ0n) is 10.2. The fourth-order valence-corrected chi connectivity index (χ4v) is 2.10. The molecule has 3 rings (SSSR count). The summed E-state index contributed by atoms with van der Waals surface area (Å²) in [6, 6.07) is 9.16. The number of fused-ring (bicyclic) bond motifs is 1. The van der Waals surface area contributed by atoms with Crippen molar-refractivity contribution >= 4 is 16.9 Å². The van der Waals surface area contributed by atoms with Gasteiger partial charge in [0, 0.05) is 10.9 Å². The molecule has 0 radical (unpaired) electrons. The van der Waals surface area contributed by atoms with Gasteiger partial charge in [0.2, 0.25) is 0 Å². The molecule has 0 unspecified atom stereocenters. The lowest BCUT2D eigenvalue weighted by atomic mass is 10.2. The molecule has 0 bridgehead atoms. The molecule has 0 aliphatic heterocycles. The average molecular weight is 257 g/mol. The molecular weight excluding hydrogens is 246 g/mol. The monoisotopic (exact) mass is 257 g/mol. The Morgan fingerprint density at radius 1 is 1.37 bits per heavy atom. The number of carbonyl (C=O) groups is 1. The minimum Gasteiger partial charge on any atom is -0.477 e. The second kappa shape index (κ2) is 4.24. The van der Waals surface area contributed by atoms with E-state index >= 15 is 0 Å². The van der Waals surface area contributed by atoms with Crippen LogP contribution in [-0.2, 0) is 6.54 Å². The Labute approximate surface area is 108 Å². The Hall–Kier alpha value is -2.63. The number of hydrogen-bond acceptors (Lipinski definition) is 4. The van der Waals surface area contributed by atoms with Crippen LogP contribution >= 0.6 is 0 Å². The molecule has 1 N–H and O–H groups in total. The third-order valence-electron chi connectivity index (χ3n) is 3.08. The summed E-state index contributed by atoms with van der Waals surface area (Å²) in [4.78, 5) is 11.3. The molecule has 3 aromatic rings. The van der Waals surface area contributed by atoms with Crippen molar-refractivity contribution in [3.63, 3.8) is 0 Å². The molecule has 2 heterocycles. The summed E-state index contributed by atoms with van der Waals surface area (Å²) >= 11 is 0. The summed E-state index contributed by atoms with van der Waals surface area (Å²) in [6.45, 7) is 2.10. The van der Waals surface area contributed by atoms with Crippen molar-refractivity contribution in [3.8, 4) is 0 Å². The highest BCUT2D eigenvalue weighted by molar-refractivity contribution is 5.94. The number of carboxylic acids is 1. The maximum absolute atomic E-state index is 11.3. The van der Waals surface area contributed by atoms with Gasteiger partial charge in [-0.3, -0.25) is 0 Å². The molecule has 2 aromatic heterocycles. The van der Waals surface area contributed by atoms with E-state index in [0.29, 0.717) is 17.9 Å². The van der Waals surface area contributed by atoms with E-state index in [9.17, 15) is 9.90 Å². The normalized spacial score (nSPS) is 11.0. The van der Waals surface area contributed by atoms with Crippen LogP contribution in [0.3, 0.4) is 0 Å². The number of hydrogen-bond donors (Lipinski definition) is 1. The number of benzene rings is 1. The van der Waals surface area contributed by atoms with E-state index in [1.165, 1.54) is 0 Å². The van der Waals surface area contributed by atoms with Gasteiger partial charge in [-0.25, -0.2) is 9.42 Å². The second-order valence-electron chi connectivity index (χ2n) is 4.28. The van der Waals surface area contributed by atoms with E-state index in [1.807, 2.05) is 24.3 Å². The molecule has 96 valence electrons. The van der Waals surface area contributed by atoms with E-state index in [1.54, 1.807) is 17.6 Å². The largest absolute Gasteiger partial charge is 0.477 e. The first-order chi connectivity index (χ1) is 9.16. The summed E-state index contributed by atoms with van der Waals surface area (Å²) in [6.07, 6.45) is 0. The zero-order chi connectivity index (χ0) is 13.4. The highest BCUT2D eigenvalue weighted by Crippen LogP contribution is 2.21. The van der Waals surface area contributed by atoms with Crippen molar-refractivity contribution in [1.29, 1.82) is 0 Å². The highest BCUT2D eigenvalue weighted by Gasteiger charge is 2.16. The van der Waals surface area contributed by atoms with E-state index < -0.39 is 5.97 Å². The molecule has 6 nitrogen and oxygen atoms in total. The standard InChI is InChI=1S/C13H11N3O3/c1-8-10(15-19-14-8)7-16-11-5-3-2-4-9(11)6-12(16)13(17)18/h2-6H,7H2,1H3,(H,17,18). The molecule has 19 heavy (non-hydrogen) atoms. The number of nitrogens with zero attached hydrogens (tertiary/aromatic N) is 3. The number of rotatable bonds is 3. The van der Waals surface area contributed by atoms with Gasteiger partial charge < -0.3 is 9.67 Å². The van der Waals surface area contributed by atoms with Crippen molar-refractivity contribution < 1.29 is 14.5 Å². The van der Waals surface area contributed by atoms with E-state index in [2.05, 4.69) is 14.9 Å². The predicted molar refractivity (Wildman–Crippen MR) is 67.0 cm³/mol. The topological polar surface area (TPSA) is 81.2 Å². The SMILES string of the molecule is Cc1nonc1Cn1c(C(=O)O)cc2ccccc21. The fraction of sp³-hybridized carbons (Fsp3) is 0.154. The predicted octanol–water partition coefficient (Wildman–Crippen LogP) is 2.08. The Morgan fingerprint density at radius 3 is 2.84 bits per heavy atom. The summed E-state index contributed by atoms with van der Waals surface area (Å²) in [5.41, 5.74) is 2.36. The van der Waals surface area contributed by atoms with Gasteiger partial charge in [-0.2, -0.15) is 0 Å². The van der Waals surface area contributed by atoms with Crippen molar-refractivity contribution in [2.45, 2.75) is 13.5 Å². The lowest BCUT2D eigenvalue weighted by molar-refractivity contribution is 0.0686. The summed E-state index contributed by atoms with van der Waals surface area (Å²) < 4.78 is 6.34. The molecule has 0 aliphatic carbocycles. The fourth-order valence-electron chi connectivity index (χ4n) is 2.10.